The highest BCUT2D eigenvalue weighted by molar-refractivity contribution is 7.98. The minimum atomic E-state index is -0.0552. The Hall–Kier alpha value is -2.75. The van der Waals surface area contributed by atoms with Gasteiger partial charge in [-0.3, -0.25) is 9.36 Å². The van der Waals surface area contributed by atoms with Crippen LogP contribution < -0.4 is 5.56 Å². The molecule has 5 aromatic rings. The number of thioether (sulfide) groups is 1. The molecule has 4 aromatic heterocycles. The summed E-state index contributed by atoms with van der Waals surface area (Å²) in [7, 11) is 1.74. The third kappa shape index (κ3) is 3.52. The van der Waals surface area contributed by atoms with Crippen molar-refractivity contribution in [2.24, 2.45) is 7.05 Å². The number of thiophene rings is 2. The van der Waals surface area contributed by atoms with E-state index in [2.05, 4.69) is 10.1 Å². The minimum absolute atomic E-state index is 0.0552. The fourth-order valence-electron chi connectivity index (χ4n) is 2.87. The van der Waals surface area contributed by atoms with Crippen LogP contribution >= 0.6 is 34.4 Å². The Morgan fingerprint density at radius 1 is 1.14 bits per heavy atom. The van der Waals surface area contributed by atoms with E-state index in [1.165, 1.54) is 23.1 Å². The van der Waals surface area contributed by atoms with E-state index < -0.39 is 0 Å². The second-order valence-electron chi connectivity index (χ2n) is 6.27. The van der Waals surface area contributed by atoms with Crippen LogP contribution in [-0.4, -0.2) is 19.7 Å². The summed E-state index contributed by atoms with van der Waals surface area (Å²) in [4.78, 5) is 23.7. The van der Waals surface area contributed by atoms with E-state index in [4.69, 9.17) is 9.51 Å². The van der Waals surface area contributed by atoms with Gasteiger partial charge in [-0.15, -0.1) is 11.3 Å². The van der Waals surface area contributed by atoms with Gasteiger partial charge >= 0.3 is 0 Å². The average molecular weight is 439 g/mol. The lowest BCUT2D eigenvalue weighted by atomic mass is 10.2. The summed E-state index contributed by atoms with van der Waals surface area (Å²) in [6.45, 7) is 0. The summed E-state index contributed by atoms with van der Waals surface area (Å²) in [5.74, 6) is 1.52. The van der Waals surface area contributed by atoms with Crippen LogP contribution in [-0.2, 0) is 12.8 Å². The first-order valence-electron chi connectivity index (χ1n) is 8.73. The number of fused-ring (bicyclic) bond motifs is 1. The monoisotopic (exact) mass is 438 g/mol. The fourth-order valence-corrected chi connectivity index (χ4v) is 5.39. The third-order valence-corrected chi connectivity index (χ3v) is 7.14. The number of hydrogen-bond acceptors (Lipinski definition) is 8. The summed E-state index contributed by atoms with van der Waals surface area (Å²) >= 11 is 4.52. The van der Waals surface area contributed by atoms with E-state index in [0.29, 0.717) is 28.0 Å². The van der Waals surface area contributed by atoms with Crippen molar-refractivity contribution < 1.29 is 4.52 Å². The normalized spacial score (nSPS) is 11.3. The van der Waals surface area contributed by atoms with Gasteiger partial charge in [0.15, 0.2) is 5.16 Å². The Kier molecular flexibility index (Phi) is 4.78. The van der Waals surface area contributed by atoms with Crippen LogP contribution in [0.1, 0.15) is 5.89 Å². The van der Waals surface area contributed by atoms with Crippen LogP contribution in [0.3, 0.4) is 0 Å². The second kappa shape index (κ2) is 7.58. The molecule has 0 amide bonds. The molecule has 6 nitrogen and oxygen atoms in total. The highest BCUT2D eigenvalue weighted by Gasteiger charge is 2.15. The van der Waals surface area contributed by atoms with Gasteiger partial charge in [0.25, 0.3) is 5.56 Å². The highest BCUT2D eigenvalue weighted by Crippen LogP contribution is 2.32. The Morgan fingerprint density at radius 2 is 2.00 bits per heavy atom. The van der Waals surface area contributed by atoms with Crippen LogP contribution in [0.5, 0.6) is 0 Å². The number of nitrogens with zero attached hydrogens (tertiary/aromatic N) is 4. The molecule has 0 fully saturated rings. The molecule has 0 N–H and O–H groups in total. The molecule has 0 radical (unpaired) electrons. The molecule has 1 aromatic carbocycles. The van der Waals surface area contributed by atoms with Crippen LogP contribution in [0.15, 0.2) is 67.7 Å². The smallest absolute Gasteiger partial charge is 0.262 e. The van der Waals surface area contributed by atoms with Gasteiger partial charge in [0.05, 0.1) is 11.1 Å². The Morgan fingerprint density at radius 3 is 2.79 bits per heavy atom. The van der Waals surface area contributed by atoms with Crippen LogP contribution in [0.2, 0.25) is 0 Å². The number of aromatic nitrogens is 4. The minimum Gasteiger partial charge on any atom is -0.338 e. The van der Waals surface area contributed by atoms with E-state index in [0.717, 1.165) is 20.8 Å². The highest BCUT2D eigenvalue weighted by atomic mass is 32.2. The van der Waals surface area contributed by atoms with Crippen LogP contribution in [0, 0.1) is 0 Å². The van der Waals surface area contributed by atoms with Crippen LogP contribution in [0.25, 0.3) is 32.0 Å². The van der Waals surface area contributed by atoms with Crippen molar-refractivity contribution in [2.75, 3.05) is 0 Å². The topological polar surface area (TPSA) is 73.8 Å². The summed E-state index contributed by atoms with van der Waals surface area (Å²) < 4.78 is 6.91. The van der Waals surface area contributed by atoms with Gasteiger partial charge in [0, 0.05) is 22.9 Å². The van der Waals surface area contributed by atoms with Crippen molar-refractivity contribution in [3.8, 4) is 21.8 Å². The standard InChI is InChI=1S/C20H14N4O2S3/c1-24-19(25)14-9-15(12-5-3-2-4-6-12)29-18(14)22-20(24)28-11-16-21-17(23-26-16)13-7-8-27-10-13/h2-10H,11H2,1H3. The molecule has 0 saturated heterocycles. The molecule has 5 rings (SSSR count). The molecule has 0 unspecified atom stereocenters. The molecule has 144 valence electrons. The molecular formula is C20H14N4O2S3. The zero-order chi connectivity index (χ0) is 19.8. The molecular weight excluding hydrogens is 424 g/mol. The molecule has 0 saturated carbocycles. The van der Waals surface area contributed by atoms with Crippen molar-refractivity contribution in [3.05, 3.63) is 69.5 Å². The number of hydrogen-bond donors (Lipinski definition) is 0. The zero-order valence-electron chi connectivity index (χ0n) is 15.2. The maximum Gasteiger partial charge on any atom is 0.262 e. The molecule has 29 heavy (non-hydrogen) atoms. The predicted octanol–water partition coefficient (Wildman–Crippen LogP) is 5.07. The molecule has 0 aliphatic heterocycles. The van der Waals surface area contributed by atoms with Crippen molar-refractivity contribution in [2.45, 2.75) is 10.9 Å². The maximum atomic E-state index is 12.8. The molecule has 0 atom stereocenters. The SMILES string of the molecule is Cn1c(SCc2nc(-c3ccsc3)no2)nc2sc(-c3ccccc3)cc2c1=O. The van der Waals surface area contributed by atoms with Crippen molar-refractivity contribution in [1.29, 1.82) is 0 Å². The van der Waals surface area contributed by atoms with E-state index in [-0.39, 0.29) is 5.56 Å². The van der Waals surface area contributed by atoms with E-state index in [9.17, 15) is 4.79 Å². The Bertz CT molecular complexity index is 1340. The molecule has 0 spiro atoms. The third-order valence-electron chi connectivity index (χ3n) is 4.36. The molecule has 4 heterocycles. The first-order valence-corrected chi connectivity index (χ1v) is 11.5. The summed E-state index contributed by atoms with van der Waals surface area (Å²) in [6.07, 6.45) is 0. The van der Waals surface area contributed by atoms with Gasteiger partial charge in [-0.2, -0.15) is 16.3 Å². The quantitative estimate of drug-likeness (QED) is 0.282. The van der Waals surface area contributed by atoms with Gasteiger partial charge in [0.2, 0.25) is 11.7 Å². The van der Waals surface area contributed by atoms with Crippen molar-refractivity contribution in [3.63, 3.8) is 0 Å². The molecule has 0 aliphatic carbocycles. The predicted molar refractivity (Wildman–Crippen MR) is 117 cm³/mol. The lowest BCUT2D eigenvalue weighted by Crippen LogP contribution is -2.19. The fraction of sp³-hybridized carbons (Fsp3) is 0.100. The zero-order valence-corrected chi connectivity index (χ0v) is 17.7. The number of benzene rings is 1. The summed E-state index contributed by atoms with van der Waals surface area (Å²) in [6, 6.07) is 13.9. The first kappa shape index (κ1) is 18.3. The van der Waals surface area contributed by atoms with Crippen LogP contribution in [0.4, 0.5) is 0 Å². The van der Waals surface area contributed by atoms with Gasteiger partial charge < -0.3 is 4.52 Å². The lowest BCUT2D eigenvalue weighted by Gasteiger charge is -2.04. The van der Waals surface area contributed by atoms with E-state index >= 15 is 0 Å². The second-order valence-corrected chi connectivity index (χ2v) is 9.02. The summed E-state index contributed by atoms with van der Waals surface area (Å²) in [5.41, 5.74) is 1.97. The molecule has 0 aliphatic rings. The molecule has 9 heteroatoms. The Balaban J connectivity index is 1.43. The van der Waals surface area contributed by atoms with Gasteiger partial charge in [-0.1, -0.05) is 47.3 Å². The maximum absolute atomic E-state index is 12.8. The van der Waals surface area contributed by atoms with Crippen molar-refractivity contribution >= 4 is 44.7 Å². The van der Waals surface area contributed by atoms with Crippen molar-refractivity contribution in [1.82, 2.24) is 19.7 Å². The largest absolute Gasteiger partial charge is 0.338 e. The van der Waals surface area contributed by atoms with Gasteiger partial charge in [0.1, 0.15) is 4.83 Å². The van der Waals surface area contributed by atoms with Gasteiger partial charge in [-0.25, -0.2) is 4.98 Å². The average Bonchev–Trinajstić information content (AvgIpc) is 3.50. The summed E-state index contributed by atoms with van der Waals surface area (Å²) in [5, 5.41) is 9.23. The molecule has 0 bridgehead atoms. The first-order chi connectivity index (χ1) is 14.2. The Labute approximate surface area is 177 Å². The van der Waals surface area contributed by atoms with E-state index in [1.54, 1.807) is 23.0 Å². The lowest BCUT2D eigenvalue weighted by molar-refractivity contribution is 0.391. The van der Waals surface area contributed by atoms with Gasteiger partial charge in [-0.05, 0) is 23.1 Å². The van der Waals surface area contributed by atoms with E-state index in [1.807, 2.05) is 53.2 Å². The number of rotatable bonds is 5.